The summed E-state index contributed by atoms with van der Waals surface area (Å²) in [4.78, 5) is 11.9. The monoisotopic (exact) mass is 288 g/mol. The van der Waals surface area contributed by atoms with Crippen molar-refractivity contribution in [2.75, 3.05) is 17.2 Å². The van der Waals surface area contributed by atoms with Gasteiger partial charge >= 0.3 is 0 Å². The summed E-state index contributed by atoms with van der Waals surface area (Å²) in [5.41, 5.74) is 3.89. The summed E-state index contributed by atoms with van der Waals surface area (Å²) in [6, 6.07) is 13.2. The number of nitrogens with one attached hydrogen (secondary N) is 2. The third-order valence-corrected chi connectivity index (χ3v) is 3.22. The van der Waals surface area contributed by atoms with E-state index in [1.54, 1.807) is 12.1 Å². The molecule has 0 fully saturated rings. The number of benzene rings is 2. The molecule has 0 aromatic heterocycles. The normalized spacial score (nSPS) is 10.2. The van der Waals surface area contributed by atoms with E-state index < -0.39 is 0 Å². The molecule has 0 saturated carbocycles. The van der Waals surface area contributed by atoms with Crippen LogP contribution < -0.4 is 10.6 Å². The smallest absolute Gasteiger partial charge is 0.243 e. The minimum Gasteiger partial charge on any atom is -0.376 e. The van der Waals surface area contributed by atoms with Crippen molar-refractivity contribution < 1.29 is 4.79 Å². The number of rotatable bonds is 4. The molecule has 2 N–H and O–H groups in total. The summed E-state index contributed by atoms with van der Waals surface area (Å²) in [6.45, 7) is 4.19. The van der Waals surface area contributed by atoms with Gasteiger partial charge in [-0.05, 0) is 55.3 Å². The summed E-state index contributed by atoms with van der Waals surface area (Å²) >= 11 is 5.81. The van der Waals surface area contributed by atoms with E-state index in [1.807, 2.05) is 44.2 Å². The molecule has 0 spiro atoms. The van der Waals surface area contributed by atoms with Gasteiger partial charge in [0.1, 0.15) is 0 Å². The van der Waals surface area contributed by atoms with Gasteiger partial charge in [-0.25, -0.2) is 0 Å². The fourth-order valence-corrected chi connectivity index (χ4v) is 1.94. The van der Waals surface area contributed by atoms with Crippen molar-refractivity contribution in [2.45, 2.75) is 13.8 Å². The van der Waals surface area contributed by atoms with Gasteiger partial charge in [0, 0.05) is 16.4 Å². The molecule has 0 heterocycles. The number of carbonyl (C=O) groups is 1. The van der Waals surface area contributed by atoms with Crippen LogP contribution in [-0.2, 0) is 4.79 Å². The molecule has 2 aromatic carbocycles. The molecule has 2 aromatic rings. The summed E-state index contributed by atoms with van der Waals surface area (Å²) in [7, 11) is 0. The average Bonchev–Trinajstić information content (AvgIpc) is 2.42. The summed E-state index contributed by atoms with van der Waals surface area (Å²) in [5, 5.41) is 6.64. The first-order valence-electron chi connectivity index (χ1n) is 6.41. The predicted molar refractivity (Wildman–Crippen MR) is 84.5 cm³/mol. The summed E-state index contributed by atoms with van der Waals surface area (Å²) < 4.78 is 0. The van der Waals surface area contributed by atoms with Crippen molar-refractivity contribution in [1.82, 2.24) is 0 Å². The van der Waals surface area contributed by atoms with E-state index in [9.17, 15) is 4.79 Å². The van der Waals surface area contributed by atoms with Gasteiger partial charge in [0.25, 0.3) is 0 Å². The Morgan fingerprint density at radius 1 is 1.10 bits per heavy atom. The lowest BCUT2D eigenvalue weighted by molar-refractivity contribution is -0.114. The number of halogens is 1. The van der Waals surface area contributed by atoms with Crippen LogP contribution in [0.25, 0.3) is 0 Å². The molecule has 0 saturated heterocycles. The molecule has 0 aliphatic carbocycles. The highest BCUT2D eigenvalue weighted by molar-refractivity contribution is 6.30. The number of carbonyl (C=O) groups excluding carboxylic acids is 1. The Kier molecular flexibility index (Phi) is 4.64. The standard InChI is InChI=1S/C16H17ClN2O/c1-11-3-4-12(2)15(9-11)19-16(20)10-18-14-7-5-13(17)6-8-14/h3-9,18H,10H2,1-2H3,(H,19,20). The second-order valence-electron chi connectivity index (χ2n) is 4.73. The quantitative estimate of drug-likeness (QED) is 0.892. The third kappa shape index (κ3) is 4.00. The maximum atomic E-state index is 11.9. The molecule has 1 amide bonds. The Bertz CT molecular complexity index is 608. The number of amides is 1. The van der Waals surface area contributed by atoms with Gasteiger partial charge < -0.3 is 10.6 Å². The lowest BCUT2D eigenvalue weighted by Crippen LogP contribution is -2.22. The van der Waals surface area contributed by atoms with E-state index in [0.717, 1.165) is 22.5 Å². The maximum absolute atomic E-state index is 11.9. The minimum atomic E-state index is -0.0753. The Morgan fingerprint density at radius 2 is 1.80 bits per heavy atom. The van der Waals surface area contributed by atoms with Crippen LogP contribution in [0.4, 0.5) is 11.4 Å². The minimum absolute atomic E-state index is 0.0753. The summed E-state index contributed by atoms with van der Waals surface area (Å²) in [6.07, 6.45) is 0. The van der Waals surface area contributed by atoms with Crippen LogP contribution >= 0.6 is 11.6 Å². The zero-order chi connectivity index (χ0) is 14.5. The number of hydrogen-bond acceptors (Lipinski definition) is 2. The van der Waals surface area contributed by atoms with E-state index in [1.165, 1.54) is 0 Å². The van der Waals surface area contributed by atoms with Crippen LogP contribution in [-0.4, -0.2) is 12.5 Å². The second kappa shape index (κ2) is 6.44. The van der Waals surface area contributed by atoms with Crippen LogP contribution in [0.5, 0.6) is 0 Å². The van der Waals surface area contributed by atoms with Gasteiger partial charge in [-0.3, -0.25) is 4.79 Å². The Hall–Kier alpha value is -2.00. The molecule has 104 valence electrons. The number of hydrogen-bond donors (Lipinski definition) is 2. The lowest BCUT2D eigenvalue weighted by atomic mass is 10.1. The third-order valence-electron chi connectivity index (χ3n) is 2.96. The van der Waals surface area contributed by atoms with Crippen LogP contribution in [0.15, 0.2) is 42.5 Å². The van der Waals surface area contributed by atoms with Gasteiger partial charge in [0.05, 0.1) is 6.54 Å². The van der Waals surface area contributed by atoms with Crippen LogP contribution in [0.2, 0.25) is 5.02 Å². The molecule has 0 radical (unpaired) electrons. The van der Waals surface area contributed by atoms with Crippen LogP contribution in [0.1, 0.15) is 11.1 Å². The molecule has 0 aliphatic heterocycles. The Balaban J connectivity index is 1.92. The van der Waals surface area contributed by atoms with Crippen molar-refractivity contribution in [1.29, 1.82) is 0 Å². The fourth-order valence-electron chi connectivity index (χ4n) is 1.81. The van der Waals surface area contributed by atoms with Gasteiger partial charge in [-0.1, -0.05) is 23.7 Å². The fraction of sp³-hybridized carbons (Fsp3) is 0.188. The lowest BCUT2D eigenvalue weighted by Gasteiger charge is -2.10. The highest BCUT2D eigenvalue weighted by atomic mass is 35.5. The van der Waals surface area contributed by atoms with Crippen LogP contribution in [0.3, 0.4) is 0 Å². The predicted octanol–water partition coefficient (Wildman–Crippen LogP) is 4.01. The molecule has 0 atom stereocenters. The molecule has 3 nitrogen and oxygen atoms in total. The van der Waals surface area contributed by atoms with E-state index in [0.29, 0.717) is 5.02 Å². The van der Waals surface area contributed by atoms with Crippen molar-refractivity contribution in [3.05, 3.63) is 58.6 Å². The van der Waals surface area contributed by atoms with Crippen LogP contribution in [0, 0.1) is 13.8 Å². The molecular weight excluding hydrogens is 272 g/mol. The molecule has 2 rings (SSSR count). The molecule has 4 heteroatoms. The SMILES string of the molecule is Cc1ccc(C)c(NC(=O)CNc2ccc(Cl)cc2)c1. The second-order valence-corrected chi connectivity index (χ2v) is 5.16. The van der Waals surface area contributed by atoms with E-state index in [2.05, 4.69) is 10.6 Å². The van der Waals surface area contributed by atoms with Gasteiger partial charge in [-0.2, -0.15) is 0 Å². The first-order chi connectivity index (χ1) is 9.54. The van der Waals surface area contributed by atoms with E-state index in [4.69, 9.17) is 11.6 Å². The van der Waals surface area contributed by atoms with Crippen molar-refractivity contribution in [2.24, 2.45) is 0 Å². The zero-order valence-corrected chi connectivity index (χ0v) is 12.3. The number of aryl methyl sites for hydroxylation is 2. The zero-order valence-electron chi connectivity index (χ0n) is 11.5. The molecule has 20 heavy (non-hydrogen) atoms. The van der Waals surface area contributed by atoms with Gasteiger partial charge in [0.15, 0.2) is 0 Å². The topological polar surface area (TPSA) is 41.1 Å². The summed E-state index contributed by atoms with van der Waals surface area (Å²) in [5.74, 6) is -0.0753. The first-order valence-corrected chi connectivity index (χ1v) is 6.79. The molecule has 0 unspecified atom stereocenters. The largest absolute Gasteiger partial charge is 0.376 e. The van der Waals surface area contributed by atoms with Gasteiger partial charge in [-0.15, -0.1) is 0 Å². The number of anilines is 2. The van der Waals surface area contributed by atoms with E-state index in [-0.39, 0.29) is 12.5 Å². The van der Waals surface area contributed by atoms with Gasteiger partial charge in [0.2, 0.25) is 5.91 Å². The Labute approximate surface area is 124 Å². The Morgan fingerprint density at radius 3 is 2.50 bits per heavy atom. The maximum Gasteiger partial charge on any atom is 0.243 e. The van der Waals surface area contributed by atoms with Crippen molar-refractivity contribution in [3.63, 3.8) is 0 Å². The van der Waals surface area contributed by atoms with Crippen molar-refractivity contribution in [3.8, 4) is 0 Å². The van der Waals surface area contributed by atoms with E-state index >= 15 is 0 Å². The average molecular weight is 289 g/mol. The highest BCUT2D eigenvalue weighted by Crippen LogP contribution is 2.16. The first kappa shape index (κ1) is 14.4. The highest BCUT2D eigenvalue weighted by Gasteiger charge is 2.05. The molecule has 0 aliphatic rings. The van der Waals surface area contributed by atoms with Crippen molar-refractivity contribution >= 4 is 28.9 Å². The molecule has 0 bridgehead atoms. The molecular formula is C16H17ClN2O.